The molecule has 0 saturated carbocycles. The molecule has 0 aliphatic heterocycles. The van der Waals surface area contributed by atoms with E-state index >= 15 is 0 Å². The zero-order valence-electron chi connectivity index (χ0n) is 11.1. The van der Waals surface area contributed by atoms with Crippen molar-refractivity contribution >= 4 is 27.3 Å². The van der Waals surface area contributed by atoms with Gasteiger partial charge in [-0.25, -0.2) is 8.42 Å². The molecule has 18 heavy (non-hydrogen) atoms. The summed E-state index contributed by atoms with van der Waals surface area (Å²) in [6, 6.07) is 7.40. The van der Waals surface area contributed by atoms with Gasteiger partial charge in [0.1, 0.15) is 0 Å². The van der Waals surface area contributed by atoms with Crippen LogP contribution in [-0.2, 0) is 9.84 Å². The SMILES string of the molecule is CCCS(=O)(=O)c1ccc(NC(C)CSC)cc1. The Kier molecular flexibility index (Phi) is 6.02. The van der Waals surface area contributed by atoms with Gasteiger partial charge in [0.25, 0.3) is 0 Å². The van der Waals surface area contributed by atoms with Crippen molar-refractivity contribution in [3.63, 3.8) is 0 Å². The molecule has 0 aliphatic rings. The minimum atomic E-state index is -3.10. The first kappa shape index (κ1) is 15.4. The number of benzene rings is 1. The number of rotatable bonds is 7. The number of nitrogens with one attached hydrogen (secondary N) is 1. The maximum atomic E-state index is 11.8. The molecule has 1 N–H and O–H groups in total. The van der Waals surface area contributed by atoms with E-state index in [1.807, 2.05) is 19.1 Å². The molecule has 1 unspecified atom stereocenters. The third-order valence-electron chi connectivity index (χ3n) is 2.52. The maximum absolute atomic E-state index is 11.8. The summed E-state index contributed by atoms with van der Waals surface area (Å²) in [5, 5.41) is 3.34. The summed E-state index contributed by atoms with van der Waals surface area (Å²) in [4.78, 5) is 0.410. The lowest BCUT2D eigenvalue weighted by molar-refractivity contribution is 0.595. The standard InChI is InChI=1S/C13H21NO2S2/c1-4-9-18(15,16)13-7-5-12(6-8-13)14-11(2)10-17-3/h5-8,11,14H,4,9-10H2,1-3H3. The minimum absolute atomic E-state index is 0.211. The molecule has 0 fully saturated rings. The fourth-order valence-electron chi connectivity index (χ4n) is 1.72. The van der Waals surface area contributed by atoms with Crippen LogP contribution in [0.25, 0.3) is 0 Å². The molecule has 1 rings (SSSR count). The first-order chi connectivity index (χ1) is 8.49. The Bertz CT molecular complexity index is 454. The smallest absolute Gasteiger partial charge is 0.178 e. The van der Waals surface area contributed by atoms with Crippen molar-refractivity contribution in [3.05, 3.63) is 24.3 Å². The molecule has 5 heteroatoms. The van der Waals surface area contributed by atoms with Gasteiger partial charge in [-0.05, 0) is 43.9 Å². The van der Waals surface area contributed by atoms with Crippen LogP contribution >= 0.6 is 11.8 Å². The number of thioether (sulfide) groups is 1. The third kappa shape index (κ3) is 4.53. The van der Waals surface area contributed by atoms with Crippen LogP contribution in [0.4, 0.5) is 5.69 Å². The Balaban J connectivity index is 2.74. The maximum Gasteiger partial charge on any atom is 0.178 e. The van der Waals surface area contributed by atoms with E-state index in [1.165, 1.54) is 0 Å². The average Bonchev–Trinajstić information content (AvgIpc) is 2.30. The van der Waals surface area contributed by atoms with Crippen molar-refractivity contribution < 1.29 is 8.42 Å². The number of sulfone groups is 1. The first-order valence-corrected chi connectivity index (χ1v) is 9.12. The summed E-state index contributed by atoms with van der Waals surface area (Å²) in [7, 11) is -3.10. The molecule has 0 radical (unpaired) electrons. The van der Waals surface area contributed by atoms with Crippen LogP contribution in [0.15, 0.2) is 29.2 Å². The fraction of sp³-hybridized carbons (Fsp3) is 0.538. The van der Waals surface area contributed by atoms with Crippen LogP contribution in [0.5, 0.6) is 0 Å². The van der Waals surface area contributed by atoms with E-state index in [0.29, 0.717) is 17.4 Å². The Morgan fingerprint density at radius 2 is 1.89 bits per heavy atom. The van der Waals surface area contributed by atoms with Crippen molar-refractivity contribution in [3.8, 4) is 0 Å². The normalized spacial score (nSPS) is 13.3. The zero-order valence-corrected chi connectivity index (χ0v) is 12.8. The summed E-state index contributed by atoms with van der Waals surface area (Å²) in [6.07, 6.45) is 2.71. The van der Waals surface area contributed by atoms with Gasteiger partial charge in [-0.15, -0.1) is 0 Å². The van der Waals surface area contributed by atoms with E-state index in [1.54, 1.807) is 23.9 Å². The van der Waals surface area contributed by atoms with Gasteiger partial charge in [0, 0.05) is 17.5 Å². The molecule has 1 atom stereocenters. The van der Waals surface area contributed by atoms with Crippen molar-refractivity contribution in [2.75, 3.05) is 23.1 Å². The van der Waals surface area contributed by atoms with Gasteiger partial charge in [0.2, 0.25) is 0 Å². The molecule has 3 nitrogen and oxygen atoms in total. The molecule has 102 valence electrons. The van der Waals surface area contributed by atoms with Gasteiger partial charge in [-0.2, -0.15) is 11.8 Å². The minimum Gasteiger partial charge on any atom is -0.382 e. The summed E-state index contributed by atoms with van der Waals surface area (Å²) in [6.45, 7) is 3.98. The van der Waals surface area contributed by atoms with Gasteiger partial charge in [0.15, 0.2) is 9.84 Å². The summed E-state index contributed by atoms with van der Waals surface area (Å²) in [5.74, 6) is 1.23. The van der Waals surface area contributed by atoms with E-state index in [0.717, 1.165) is 11.4 Å². The van der Waals surface area contributed by atoms with Crippen molar-refractivity contribution in [1.29, 1.82) is 0 Å². The monoisotopic (exact) mass is 287 g/mol. The summed E-state index contributed by atoms with van der Waals surface area (Å²) >= 11 is 1.78. The molecule has 1 aromatic carbocycles. The number of hydrogen-bond acceptors (Lipinski definition) is 4. The molecule has 1 aromatic rings. The van der Waals surface area contributed by atoms with Crippen LogP contribution in [0.2, 0.25) is 0 Å². The molecule has 0 bridgehead atoms. The van der Waals surface area contributed by atoms with Crippen molar-refractivity contribution in [2.45, 2.75) is 31.2 Å². The lowest BCUT2D eigenvalue weighted by atomic mass is 10.3. The van der Waals surface area contributed by atoms with E-state index in [9.17, 15) is 8.42 Å². The second-order valence-electron chi connectivity index (χ2n) is 4.34. The summed E-state index contributed by atoms with van der Waals surface area (Å²) in [5.41, 5.74) is 0.965. The number of anilines is 1. The number of hydrogen-bond donors (Lipinski definition) is 1. The average molecular weight is 287 g/mol. The van der Waals surface area contributed by atoms with Crippen LogP contribution in [0.3, 0.4) is 0 Å². The third-order valence-corrected chi connectivity index (χ3v) is 5.29. The predicted octanol–water partition coefficient (Wildman–Crippen LogP) is 3.03. The topological polar surface area (TPSA) is 46.2 Å². The van der Waals surface area contributed by atoms with Gasteiger partial charge in [-0.1, -0.05) is 6.92 Å². The fourth-order valence-corrected chi connectivity index (χ4v) is 3.63. The van der Waals surface area contributed by atoms with Crippen LogP contribution < -0.4 is 5.32 Å². The molecule has 0 amide bonds. The molecular formula is C13H21NO2S2. The van der Waals surface area contributed by atoms with Gasteiger partial charge >= 0.3 is 0 Å². The van der Waals surface area contributed by atoms with E-state index in [2.05, 4.69) is 18.5 Å². The largest absolute Gasteiger partial charge is 0.382 e. The van der Waals surface area contributed by atoms with Crippen LogP contribution in [0.1, 0.15) is 20.3 Å². The second kappa shape index (κ2) is 7.04. The Hall–Kier alpha value is -0.680. The molecule has 0 saturated heterocycles. The van der Waals surface area contributed by atoms with E-state index < -0.39 is 9.84 Å². The molecule has 0 aliphatic carbocycles. The quantitative estimate of drug-likeness (QED) is 0.837. The first-order valence-electron chi connectivity index (χ1n) is 6.08. The lowest BCUT2D eigenvalue weighted by Gasteiger charge is -2.14. The lowest BCUT2D eigenvalue weighted by Crippen LogP contribution is -2.17. The molecule has 0 aromatic heterocycles. The Labute approximate surface area is 114 Å². The second-order valence-corrected chi connectivity index (χ2v) is 7.36. The van der Waals surface area contributed by atoms with Gasteiger partial charge in [-0.3, -0.25) is 0 Å². The Morgan fingerprint density at radius 1 is 1.28 bits per heavy atom. The van der Waals surface area contributed by atoms with Crippen LogP contribution in [0, 0.1) is 0 Å². The van der Waals surface area contributed by atoms with Gasteiger partial charge in [0.05, 0.1) is 10.6 Å². The molecule has 0 heterocycles. The van der Waals surface area contributed by atoms with Gasteiger partial charge < -0.3 is 5.32 Å². The van der Waals surface area contributed by atoms with Crippen LogP contribution in [-0.4, -0.2) is 32.2 Å². The van der Waals surface area contributed by atoms with E-state index in [4.69, 9.17) is 0 Å². The predicted molar refractivity (Wildman–Crippen MR) is 80.3 cm³/mol. The van der Waals surface area contributed by atoms with Crippen molar-refractivity contribution in [1.82, 2.24) is 0 Å². The highest BCUT2D eigenvalue weighted by Gasteiger charge is 2.12. The Morgan fingerprint density at radius 3 is 2.39 bits per heavy atom. The summed E-state index contributed by atoms with van der Waals surface area (Å²) < 4.78 is 23.7. The molecule has 0 spiro atoms. The zero-order chi connectivity index (χ0) is 13.6. The highest BCUT2D eigenvalue weighted by molar-refractivity contribution is 7.98. The van der Waals surface area contributed by atoms with Crippen molar-refractivity contribution in [2.24, 2.45) is 0 Å². The van der Waals surface area contributed by atoms with E-state index in [-0.39, 0.29) is 5.75 Å². The highest BCUT2D eigenvalue weighted by atomic mass is 32.2. The molecular weight excluding hydrogens is 266 g/mol. The highest BCUT2D eigenvalue weighted by Crippen LogP contribution is 2.17.